The van der Waals surface area contributed by atoms with E-state index in [1.807, 2.05) is 19.8 Å². The first-order valence-corrected chi connectivity index (χ1v) is 3.94. The predicted octanol–water partition coefficient (Wildman–Crippen LogP) is 1.69. The van der Waals surface area contributed by atoms with Crippen LogP contribution in [0.25, 0.3) is 0 Å². The zero-order valence-corrected chi connectivity index (χ0v) is 7.60. The van der Waals surface area contributed by atoms with E-state index in [2.05, 4.69) is 0 Å². The molecule has 0 fully saturated rings. The second kappa shape index (κ2) is 2.72. The van der Waals surface area contributed by atoms with Gasteiger partial charge in [-0.3, -0.25) is 4.79 Å². The summed E-state index contributed by atoms with van der Waals surface area (Å²) in [5.41, 5.74) is 1.05. The number of hydrogen-bond acceptors (Lipinski definition) is 2. The van der Waals surface area contributed by atoms with Crippen LogP contribution in [0.2, 0.25) is 0 Å². The fraction of sp³-hybridized carbons (Fsp3) is 0.500. The number of carbonyl (C=O) groups excluding carboxylic acids is 2. The van der Waals surface area contributed by atoms with Gasteiger partial charge in [-0.25, -0.2) is 4.79 Å². The molecule has 0 spiro atoms. The monoisotopic (exact) mass is 164 g/mol. The first kappa shape index (κ1) is 8.95. The van der Waals surface area contributed by atoms with Crippen molar-refractivity contribution in [3.8, 4) is 0 Å². The lowest BCUT2D eigenvalue weighted by Crippen LogP contribution is -2.24. The average Bonchev–Trinajstić information content (AvgIpc) is 1.82. The van der Waals surface area contributed by atoms with Gasteiger partial charge < -0.3 is 0 Å². The summed E-state index contributed by atoms with van der Waals surface area (Å²) in [6, 6.07) is 0. The standard InChI is InChI=1S/C10H12O2/c1-7-4-8(12)5-10(2,3)9(7)6-11/h4H,5H2,1-3H3. The number of rotatable bonds is 0. The van der Waals surface area contributed by atoms with Gasteiger partial charge in [-0.2, -0.15) is 0 Å². The van der Waals surface area contributed by atoms with E-state index in [9.17, 15) is 9.59 Å². The summed E-state index contributed by atoms with van der Waals surface area (Å²) in [6.07, 6.45) is 1.93. The van der Waals surface area contributed by atoms with E-state index >= 15 is 0 Å². The van der Waals surface area contributed by atoms with Crippen molar-refractivity contribution >= 4 is 11.7 Å². The molecule has 0 saturated heterocycles. The highest BCUT2D eigenvalue weighted by Crippen LogP contribution is 2.36. The van der Waals surface area contributed by atoms with Crippen LogP contribution >= 0.6 is 0 Å². The highest BCUT2D eigenvalue weighted by Gasteiger charge is 2.31. The van der Waals surface area contributed by atoms with E-state index in [1.54, 1.807) is 6.92 Å². The lowest BCUT2D eigenvalue weighted by atomic mass is 9.73. The normalized spacial score (nSPS) is 21.8. The van der Waals surface area contributed by atoms with Gasteiger partial charge in [0.2, 0.25) is 0 Å². The summed E-state index contributed by atoms with van der Waals surface area (Å²) in [6.45, 7) is 5.56. The molecule has 0 radical (unpaired) electrons. The molecule has 0 atom stereocenters. The zero-order chi connectivity index (χ0) is 9.35. The van der Waals surface area contributed by atoms with E-state index in [0.29, 0.717) is 12.0 Å². The summed E-state index contributed by atoms with van der Waals surface area (Å²) >= 11 is 0. The number of ketones is 1. The molecule has 0 aromatic rings. The molecule has 0 heterocycles. The van der Waals surface area contributed by atoms with Crippen LogP contribution in [0.5, 0.6) is 0 Å². The van der Waals surface area contributed by atoms with Crippen LogP contribution in [0, 0.1) is 5.41 Å². The Bertz CT molecular complexity index is 302. The molecule has 64 valence electrons. The molecule has 0 bridgehead atoms. The number of carbonyl (C=O) groups is 1. The Morgan fingerprint density at radius 3 is 2.50 bits per heavy atom. The Morgan fingerprint density at radius 2 is 2.08 bits per heavy atom. The van der Waals surface area contributed by atoms with Crippen LogP contribution in [-0.4, -0.2) is 11.7 Å². The van der Waals surface area contributed by atoms with Gasteiger partial charge >= 0.3 is 0 Å². The van der Waals surface area contributed by atoms with Crippen molar-refractivity contribution in [3.63, 3.8) is 0 Å². The van der Waals surface area contributed by atoms with Crippen molar-refractivity contribution in [1.29, 1.82) is 0 Å². The van der Waals surface area contributed by atoms with Gasteiger partial charge in [0.15, 0.2) is 5.78 Å². The molecule has 0 unspecified atom stereocenters. The molecular formula is C10H12O2. The van der Waals surface area contributed by atoms with Gasteiger partial charge in [-0.05, 0) is 18.6 Å². The van der Waals surface area contributed by atoms with E-state index in [0.717, 1.165) is 5.57 Å². The van der Waals surface area contributed by atoms with Crippen molar-refractivity contribution in [2.75, 3.05) is 0 Å². The second-order valence-corrected chi connectivity index (χ2v) is 3.83. The predicted molar refractivity (Wildman–Crippen MR) is 46.4 cm³/mol. The minimum absolute atomic E-state index is 0.0940. The molecule has 0 N–H and O–H groups in total. The SMILES string of the molecule is CC1=CC(=O)CC(C)(C)C1=C=O. The molecule has 0 saturated carbocycles. The molecule has 0 aliphatic heterocycles. The third kappa shape index (κ3) is 1.39. The van der Waals surface area contributed by atoms with Crippen LogP contribution in [0.4, 0.5) is 0 Å². The topological polar surface area (TPSA) is 34.1 Å². The lowest BCUT2D eigenvalue weighted by Gasteiger charge is -2.28. The lowest BCUT2D eigenvalue weighted by molar-refractivity contribution is -0.116. The van der Waals surface area contributed by atoms with Crippen molar-refractivity contribution < 1.29 is 9.59 Å². The molecule has 2 heteroatoms. The quantitative estimate of drug-likeness (QED) is 0.510. The largest absolute Gasteiger partial charge is 0.295 e. The van der Waals surface area contributed by atoms with Gasteiger partial charge in [-0.1, -0.05) is 13.8 Å². The third-order valence-corrected chi connectivity index (χ3v) is 2.17. The molecule has 1 aliphatic carbocycles. The van der Waals surface area contributed by atoms with Crippen molar-refractivity contribution in [3.05, 3.63) is 17.2 Å². The second-order valence-electron chi connectivity index (χ2n) is 3.83. The Balaban J connectivity index is 3.23. The molecule has 2 nitrogen and oxygen atoms in total. The van der Waals surface area contributed by atoms with E-state index < -0.39 is 0 Å². The minimum Gasteiger partial charge on any atom is -0.295 e. The van der Waals surface area contributed by atoms with Crippen LogP contribution in [-0.2, 0) is 9.59 Å². The van der Waals surface area contributed by atoms with Crippen LogP contribution in [0.3, 0.4) is 0 Å². The van der Waals surface area contributed by atoms with Gasteiger partial charge in [0.05, 0.1) is 0 Å². The Morgan fingerprint density at radius 1 is 1.50 bits per heavy atom. The zero-order valence-electron chi connectivity index (χ0n) is 7.60. The Hall–Kier alpha value is -1.14. The fourth-order valence-electron chi connectivity index (χ4n) is 1.64. The van der Waals surface area contributed by atoms with Crippen molar-refractivity contribution in [1.82, 2.24) is 0 Å². The highest BCUT2D eigenvalue weighted by atomic mass is 16.1. The summed E-state index contributed by atoms with van der Waals surface area (Å²) in [7, 11) is 0. The maximum atomic E-state index is 11.1. The van der Waals surface area contributed by atoms with E-state index in [-0.39, 0.29) is 11.2 Å². The molecule has 0 aromatic carbocycles. The molecule has 1 aliphatic rings. The van der Waals surface area contributed by atoms with Gasteiger partial charge in [-0.15, -0.1) is 0 Å². The number of hydrogen-bond donors (Lipinski definition) is 0. The van der Waals surface area contributed by atoms with E-state index in [4.69, 9.17) is 0 Å². The third-order valence-electron chi connectivity index (χ3n) is 2.17. The molecule has 12 heavy (non-hydrogen) atoms. The van der Waals surface area contributed by atoms with Crippen LogP contribution in [0.1, 0.15) is 27.2 Å². The smallest absolute Gasteiger partial charge is 0.156 e. The van der Waals surface area contributed by atoms with E-state index in [1.165, 1.54) is 6.08 Å². The molecule has 1 rings (SSSR count). The summed E-state index contributed by atoms with van der Waals surface area (Å²) in [4.78, 5) is 21.7. The highest BCUT2D eigenvalue weighted by molar-refractivity contribution is 5.95. The maximum Gasteiger partial charge on any atom is 0.156 e. The van der Waals surface area contributed by atoms with Crippen LogP contribution < -0.4 is 0 Å². The summed E-state index contributed by atoms with van der Waals surface area (Å²) in [5.74, 6) is 2.00. The minimum atomic E-state index is -0.336. The van der Waals surface area contributed by atoms with Gasteiger partial charge in [0.1, 0.15) is 5.94 Å². The summed E-state index contributed by atoms with van der Waals surface area (Å²) in [5, 5.41) is 0. The molecule has 0 amide bonds. The first-order chi connectivity index (χ1) is 5.47. The van der Waals surface area contributed by atoms with Crippen molar-refractivity contribution in [2.24, 2.45) is 5.41 Å². The summed E-state index contributed by atoms with van der Waals surface area (Å²) < 4.78 is 0. The van der Waals surface area contributed by atoms with Crippen LogP contribution in [0.15, 0.2) is 17.2 Å². The number of allylic oxidation sites excluding steroid dienone is 3. The first-order valence-electron chi connectivity index (χ1n) is 3.94. The molecule has 0 aromatic heterocycles. The van der Waals surface area contributed by atoms with Gasteiger partial charge in [0, 0.05) is 17.4 Å². The Kier molecular flexibility index (Phi) is 2.03. The molecular weight excluding hydrogens is 152 g/mol. The Labute approximate surface area is 72.0 Å². The fourth-order valence-corrected chi connectivity index (χ4v) is 1.64. The van der Waals surface area contributed by atoms with Crippen molar-refractivity contribution in [2.45, 2.75) is 27.2 Å². The maximum absolute atomic E-state index is 11.1. The van der Waals surface area contributed by atoms with Gasteiger partial charge in [0.25, 0.3) is 0 Å². The average molecular weight is 164 g/mol.